The molecule has 0 radical (unpaired) electrons. The number of carbonyl (C=O) groups excluding carboxylic acids is 2. The maximum absolute atomic E-state index is 12.6. The molecule has 5 rings (SSSR count). The second-order valence-electron chi connectivity index (χ2n) is 8.82. The monoisotopic (exact) mass is 506 g/mol. The highest BCUT2D eigenvalue weighted by Crippen LogP contribution is 2.35. The molecule has 0 unspecified atom stereocenters. The van der Waals surface area contributed by atoms with Crippen LogP contribution in [0.1, 0.15) is 33.6 Å². The van der Waals surface area contributed by atoms with Crippen molar-refractivity contribution in [2.75, 3.05) is 29.4 Å². The minimum atomic E-state index is -0.442. The third kappa shape index (κ3) is 4.90. The van der Waals surface area contributed by atoms with E-state index < -0.39 is 4.92 Å². The average Bonchev–Trinajstić information content (AvgIpc) is 3.42. The number of nitro benzene ring substituents is 1. The minimum Gasteiger partial charge on any atom is -0.444 e. The number of cyclic esters (lactones) is 1. The van der Waals surface area contributed by atoms with Gasteiger partial charge in [-0.15, -0.1) is 11.3 Å². The molecule has 1 fully saturated rings. The van der Waals surface area contributed by atoms with Gasteiger partial charge in [0.15, 0.2) is 0 Å². The van der Waals surface area contributed by atoms with Crippen molar-refractivity contribution in [3.63, 3.8) is 0 Å². The zero-order valence-corrected chi connectivity index (χ0v) is 20.4. The fourth-order valence-electron chi connectivity index (χ4n) is 4.82. The molecular weight excluding hydrogens is 480 g/mol. The zero-order chi connectivity index (χ0) is 25.1. The highest BCUT2D eigenvalue weighted by molar-refractivity contribution is 7.09. The van der Waals surface area contributed by atoms with Crippen molar-refractivity contribution < 1.29 is 19.2 Å². The molecule has 0 atom stereocenters. The topological polar surface area (TPSA) is 105 Å². The van der Waals surface area contributed by atoms with Crippen LogP contribution in [0.15, 0.2) is 60.0 Å². The third-order valence-corrected chi connectivity index (χ3v) is 7.58. The predicted molar refractivity (Wildman–Crippen MR) is 138 cm³/mol. The number of anilines is 2. The fourth-order valence-corrected chi connectivity index (χ4v) is 5.53. The van der Waals surface area contributed by atoms with Gasteiger partial charge in [0.25, 0.3) is 11.6 Å². The highest BCUT2D eigenvalue weighted by Gasteiger charge is 2.35. The first-order chi connectivity index (χ1) is 17.5. The van der Waals surface area contributed by atoms with Gasteiger partial charge in [0.1, 0.15) is 12.3 Å². The number of benzene rings is 2. The molecular formula is C26H26N4O5S. The van der Waals surface area contributed by atoms with E-state index in [4.69, 9.17) is 4.74 Å². The number of piperidine rings is 1. The first kappa shape index (κ1) is 23.8. The molecule has 2 aliphatic rings. The summed E-state index contributed by atoms with van der Waals surface area (Å²) in [5.41, 5.74) is 2.49. The summed E-state index contributed by atoms with van der Waals surface area (Å²) in [5, 5.41) is 16.7. The Morgan fingerprint density at radius 1 is 1.11 bits per heavy atom. The average molecular weight is 507 g/mol. The molecule has 1 saturated heterocycles. The highest BCUT2D eigenvalue weighted by atomic mass is 32.1. The van der Waals surface area contributed by atoms with Crippen molar-refractivity contribution in [3.8, 4) is 0 Å². The second kappa shape index (κ2) is 10.4. The molecule has 2 aliphatic heterocycles. The summed E-state index contributed by atoms with van der Waals surface area (Å²) < 4.78 is 5.36. The Bertz CT molecular complexity index is 1270. The summed E-state index contributed by atoms with van der Waals surface area (Å²) in [6.45, 7) is 1.82. The molecule has 3 aromatic rings. The lowest BCUT2D eigenvalue weighted by Crippen LogP contribution is -2.49. The molecule has 9 nitrogen and oxygen atoms in total. The van der Waals surface area contributed by atoms with Crippen LogP contribution in [0, 0.1) is 10.1 Å². The van der Waals surface area contributed by atoms with Crippen molar-refractivity contribution in [1.29, 1.82) is 0 Å². The van der Waals surface area contributed by atoms with Crippen molar-refractivity contribution >= 4 is 40.4 Å². The summed E-state index contributed by atoms with van der Waals surface area (Å²) in [7, 11) is 0. The van der Waals surface area contributed by atoms with E-state index in [1.807, 2.05) is 46.7 Å². The van der Waals surface area contributed by atoms with Gasteiger partial charge in [0, 0.05) is 47.7 Å². The number of thiophene rings is 1. The summed E-state index contributed by atoms with van der Waals surface area (Å²) in [5.74, 6) is -0.331. The normalized spacial score (nSPS) is 15.8. The van der Waals surface area contributed by atoms with Crippen molar-refractivity contribution in [2.24, 2.45) is 0 Å². The van der Waals surface area contributed by atoms with Crippen molar-refractivity contribution in [2.45, 2.75) is 31.9 Å². The Labute approximate surface area is 212 Å². The van der Waals surface area contributed by atoms with Crippen molar-refractivity contribution in [3.05, 3.63) is 86.1 Å². The summed E-state index contributed by atoms with van der Waals surface area (Å²) in [6.07, 6.45) is 1.65. The smallest absolute Gasteiger partial charge is 0.414 e. The summed E-state index contributed by atoms with van der Waals surface area (Å²) in [6, 6.07) is 16.3. The van der Waals surface area contributed by atoms with Gasteiger partial charge in [-0.2, -0.15) is 0 Å². The van der Waals surface area contributed by atoms with Crippen LogP contribution in [0.25, 0.3) is 0 Å². The molecule has 1 aromatic heterocycles. The summed E-state index contributed by atoms with van der Waals surface area (Å²) >= 11 is 1.63. The molecule has 0 spiro atoms. The molecule has 1 N–H and O–H groups in total. The van der Waals surface area contributed by atoms with Gasteiger partial charge < -0.3 is 15.0 Å². The van der Waals surface area contributed by atoms with E-state index in [2.05, 4.69) is 5.32 Å². The molecule has 2 amide bonds. The quantitative estimate of drug-likeness (QED) is 0.366. The molecule has 3 heterocycles. The maximum Gasteiger partial charge on any atom is 0.414 e. The van der Waals surface area contributed by atoms with Gasteiger partial charge in [-0.1, -0.05) is 24.3 Å². The van der Waals surface area contributed by atoms with Crippen LogP contribution in [0.2, 0.25) is 0 Å². The minimum absolute atomic E-state index is 0.0531. The van der Waals surface area contributed by atoms with Gasteiger partial charge in [0.2, 0.25) is 0 Å². The van der Waals surface area contributed by atoms with E-state index in [1.54, 1.807) is 28.4 Å². The Morgan fingerprint density at radius 2 is 1.92 bits per heavy atom. The number of amides is 2. The van der Waals surface area contributed by atoms with Crippen LogP contribution in [0.4, 0.5) is 21.9 Å². The number of ether oxygens (including phenoxy) is 1. The standard InChI is InChI=1S/C26H26N4O5S/c31-25(27-12-9-21-5-3-15-36-21)18-7-8-23(24(16-18)30(33)34)28-13-10-20(11-14-28)29-22-6-2-1-4-19(22)17-35-26(29)32/h1-8,15-16,20H,9-14,17H2,(H,27,31). The summed E-state index contributed by atoms with van der Waals surface area (Å²) in [4.78, 5) is 41.4. The molecule has 0 saturated carbocycles. The number of nitrogens with one attached hydrogen (secondary N) is 1. The van der Waals surface area contributed by atoms with Crippen LogP contribution in [-0.4, -0.2) is 42.6 Å². The molecule has 186 valence electrons. The SMILES string of the molecule is O=C(NCCc1cccs1)c1ccc(N2CCC(N3C(=O)OCc4ccccc43)CC2)c([N+](=O)[O-])c1. The van der Waals surface area contributed by atoms with Crippen molar-refractivity contribution in [1.82, 2.24) is 5.32 Å². The van der Waals surface area contributed by atoms with Crippen LogP contribution in [0.5, 0.6) is 0 Å². The number of nitrogens with zero attached hydrogens (tertiary/aromatic N) is 3. The first-order valence-corrected chi connectivity index (χ1v) is 12.8. The second-order valence-corrected chi connectivity index (χ2v) is 9.85. The molecule has 2 aromatic carbocycles. The number of para-hydroxylation sites is 1. The Hall–Kier alpha value is -3.92. The zero-order valence-electron chi connectivity index (χ0n) is 19.6. The molecule has 10 heteroatoms. The fraction of sp³-hybridized carbons (Fsp3) is 0.308. The number of hydrogen-bond acceptors (Lipinski definition) is 7. The van der Waals surface area contributed by atoms with Gasteiger partial charge in [0.05, 0.1) is 10.6 Å². The van der Waals surface area contributed by atoms with Crippen LogP contribution < -0.4 is 15.1 Å². The number of hydrogen-bond donors (Lipinski definition) is 1. The van der Waals surface area contributed by atoms with Crippen LogP contribution in [-0.2, 0) is 17.8 Å². The van der Waals surface area contributed by atoms with E-state index >= 15 is 0 Å². The third-order valence-electron chi connectivity index (χ3n) is 6.64. The lowest BCUT2D eigenvalue weighted by Gasteiger charge is -2.40. The van der Waals surface area contributed by atoms with Gasteiger partial charge in [-0.25, -0.2) is 4.79 Å². The van der Waals surface area contributed by atoms with E-state index in [0.717, 1.165) is 11.3 Å². The first-order valence-electron chi connectivity index (χ1n) is 11.9. The van der Waals surface area contributed by atoms with E-state index in [9.17, 15) is 19.7 Å². The molecule has 36 heavy (non-hydrogen) atoms. The lowest BCUT2D eigenvalue weighted by molar-refractivity contribution is -0.384. The van der Waals surface area contributed by atoms with E-state index in [0.29, 0.717) is 44.6 Å². The molecule has 0 aliphatic carbocycles. The molecule has 0 bridgehead atoms. The number of fused-ring (bicyclic) bond motifs is 1. The Morgan fingerprint density at radius 3 is 2.67 bits per heavy atom. The Kier molecular flexibility index (Phi) is 6.86. The van der Waals surface area contributed by atoms with Gasteiger partial charge in [-0.3, -0.25) is 19.8 Å². The van der Waals surface area contributed by atoms with E-state index in [-0.39, 0.29) is 35.9 Å². The van der Waals surface area contributed by atoms with Crippen LogP contribution >= 0.6 is 11.3 Å². The Balaban J connectivity index is 1.26. The lowest BCUT2D eigenvalue weighted by atomic mass is 9.99. The van der Waals surface area contributed by atoms with Crippen LogP contribution in [0.3, 0.4) is 0 Å². The number of carbonyl (C=O) groups is 2. The predicted octanol–water partition coefficient (Wildman–Crippen LogP) is 4.75. The number of rotatable bonds is 7. The largest absolute Gasteiger partial charge is 0.444 e. The number of nitro groups is 1. The van der Waals surface area contributed by atoms with Gasteiger partial charge >= 0.3 is 6.09 Å². The van der Waals surface area contributed by atoms with E-state index in [1.165, 1.54) is 10.9 Å². The maximum atomic E-state index is 12.6. The van der Waals surface area contributed by atoms with Gasteiger partial charge in [-0.05, 0) is 48.9 Å².